The number of carbonyl (C=O) groups is 1. The van der Waals surface area contributed by atoms with E-state index < -0.39 is 20.6 Å². The number of rotatable bonds is 9. The van der Waals surface area contributed by atoms with Crippen molar-refractivity contribution in [3.8, 4) is 0 Å². The molecule has 0 aliphatic carbocycles. The van der Waals surface area contributed by atoms with E-state index in [2.05, 4.69) is 10.6 Å². The van der Waals surface area contributed by atoms with Crippen LogP contribution in [0.2, 0.25) is 0 Å². The predicted molar refractivity (Wildman–Crippen MR) is 105 cm³/mol. The molecule has 9 nitrogen and oxygen atoms in total. The summed E-state index contributed by atoms with van der Waals surface area (Å²) >= 11 is 0. The molecule has 0 aliphatic rings. The highest BCUT2D eigenvalue weighted by Crippen LogP contribution is 2.27. The number of anilines is 1. The number of primary sulfonamides is 1. The summed E-state index contributed by atoms with van der Waals surface area (Å²) < 4.78 is 22.7. The molecule has 1 unspecified atom stereocenters. The zero-order chi connectivity index (χ0) is 20.7. The Morgan fingerprint density at radius 2 is 1.89 bits per heavy atom. The molecular weight excluding hydrogens is 384 g/mol. The Morgan fingerprint density at radius 1 is 1.21 bits per heavy atom. The molecule has 0 heterocycles. The first-order valence-corrected chi connectivity index (χ1v) is 10.1. The maximum absolute atomic E-state index is 12.0. The lowest BCUT2D eigenvalue weighted by molar-refractivity contribution is -0.384. The summed E-state index contributed by atoms with van der Waals surface area (Å²) in [7, 11) is -4.04. The van der Waals surface area contributed by atoms with Gasteiger partial charge in [0.25, 0.3) is 5.69 Å². The molecule has 2 aromatic carbocycles. The largest absolute Gasteiger partial charge is 0.379 e. The van der Waals surface area contributed by atoms with Gasteiger partial charge in [0.1, 0.15) is 5.69 Å². The molecule has 0 fully saturated rings. The molecule has 1 amide bonds. The number of nitrogens with two attached hydrogens (primary N) is 1. The van der Waals surface area contributed by atoms with Crippen molar-refractivity contribution < 1.29 is 18.1 Å². The van der Waals surface area contributed by atoms with Gasteiger partial charge in [-0.05, 0) is 23.6 Å². The van der Waals surface area contributed by atoms with Crippen LogP contribution in [0.1, 0.15) is 24.8 Å². The highest BCUT2D eigenvalue weighted by atomic mass is 32.2. The third-order valence-corrected chi connectivity index (χ3v) is 5.05. The molecule has 0 bridgehead atoms. The van der Waals surface area contributed by atoms with Gasteiger partial charge >= 0.3 is 0 Å². The van der Waals surface area contributed by atoms with Gasteiger partial charge in [-0.3, -0.25) is 14.9 Å². The molecule has 0 aliphatic heterocycles. The van der Waals surface area contributed by atoms with Crippen molar-refractivity contribution in [1.82, 2.24) is 5.32 Å². The molecule has 0 aromatic heterocycles. The molecule has 2 rings (SSSR count). The van der Waals surface area contributed by atoms with Crippen molar-refractivity contribution in [2.45, 2.75) is 24.2 Å². The van der Waals surface area contributed by atoms with Crippen LogP contribution in [0, 0.1) is 10.1 Å². The van der Waals surface area contributed by atoms with E-state index in [9.17, 15) is 23.3 Å². The fourth-order valence-electron chi connectivity index (χ4n) is 2.55. The van der Waals surface area contributed by atoms with E-state index in [0.29, 0.717) is 6.54 Å². The number of carbonyl (C=O) groups excluding carboxylic acids is 1. The van der Waals surface area contributed by atoms with Crippen LogP contribution in [0.25, 0.3) is 0 Å². The van der Waals surface area contributed by atoms with Gasteiger partial charge in [-0.2, -0.15) is 0 Å². The summed E-state index contributed by atoms with van der Waals surface area (Å²) in [6, 6.07) is 13.1. The fourth-order valence-corrected chi connectivity index (χ4v) is 3.09. The SMILES string of the molecule is CC(CNC(=O)CCNc1ccc(S(N)(=O)=O)cc1[N+](=O)[O-])c1ccccc1. The van der Waals surface area contributed by atoms with Crippen LogP contribution in [0.5, 0.6) is 0 Å². The van der Waals surface area contributed by atoms with Crippen LogP contribution in [0.15, 0.2) is 53.4 Å². The molecular formula is C18H22N4O5S. The quantitative estimate of drug-likeness (QED) is 0.429. The molecule has 28 heavy (non-hydrogen) atoms. The summed E-state index contributed by atoms with van der Waals surface area (Å²) in [5.74, 6) is -0.0379. The van der Waals surface area contributed by atoms with E-state index in [1.165, 1.54) is 12.1 Å². The van der Waals surface area contributed by atoms with Gasteiger partial charge < -0.3 is 10.6 Å². The van der Waals surface area contributed by atoms with Crippen LogP contribution < -0.4 is 15.8 Å². The number of hydrogen-bond donors (Lipinski definition) is 3. The first-order valence-electron chi connectivity index (χ1n) is 8.55. The van der Waals surface area contributed by atoms with Crippen molar-refractivity contribution in [3.63, 3.8) is 0 Å². The summed E-state index contributed by atoms with van der Waals surface area (Å²) in [6.07, 6.45) is 0.107. The van der Waals surface area contributed by atoms with Gasteiger partial charge in [-0.1, -0.05) is 37.3 Å². The van der Waals surface area contributed by atoms with Gasteiger partial charge in [0, 0.05) is 25.6 Å². The molecule has 10 heteroatoms. The molecule has 0 saturated carbocycles. The highest BCUT2D eigenvalue weighted by Gasteiger charge is 2.19. The van der Waals surface area contributed by atoms with Crippen LogP contribution in [0.3, 0.4) is 0 Å². The minimum atomic E-state index is -4.04. The Balaban J connectivity index is 1.88. The Hall–Kier alpha value is -2.98. The lowest BCUT2D eigenvalue weighted by atomic mass is 10.0. The van der Waals surface area contributed by atoms with Gasteiger partial charge in [0.2, 0.25) is 15.9 Å². The average Bonchev–Trinajstić information content (AvgIpc) is 2.66. The molecule has 0 spiro atoms. The summed E-state index contributed by atoms with van der Waals surface area (Å²) in [5, 5.41) is 21.8. The number of benzene rings is 2. The van der Waals surface area contributed by atoms with Crippen molar-refractivity contribution >= 4 is 27.3 Å². The maximum Gasteiger partial charge on any atom is 0.293 e. The fraction of sp³-hybridized carbons (Fsp3) is 0.278. The monoisotopic (exact) mass is 406 g/mol. The number of nitrogens with one attached hydrogen (secondary N) is 2. The Morgan fingerprint density at radius 3 is 2.50 bits per heavy atom. The van der Waals surface area contributed by atoms with Gasteiger partial charge in [0.15, 0.2) is 0 Å². The molecule has 2 aromatic rings. The second-order valence-electron chi connectivity index (χ2n) is 6.27. The summed E-state index contributed by atoms with van der Waals surface area (Å²) in [5.41, 5.74) is 0.805. The van der Waals surface area contributed by atoms with E-state index in [-0.39, 0.29) is 35.4 Å². The normalized spacial score (nSPS) is 12.2. The number of nitro groups is 1. The van der Waals surface area contributed by atoms with E-state index in [4.69, 9.17) is 5.14 Å². The highest BCUT2D eigenvalue weighted by molar-refractivity contribution is 7.89. The molecule has 1 atom stereocenters. The first-order chi connectivity index (χ1) is 13.2. The van der Waals surface area contributed by atoms with E-state index in [0.717, 1.165) is 11.6 Å². The second kappa shape index (κ2) is 9.29. The Kier molecular flexibility index (Phi) is 7.07. The number of sulfonamides is 1. The zero-order valence-electron chi connectivity index (χ0n) is 15.3. The number of nitrogens with zero attached hydrogens (tertiary/aromatic N) is 1. The Labute approximate surface area is 163 Å². The summed E-state index contributed by atoms with van der Waals surface area (Å²) in [6.45, 7) is 2.64. The number of hydrogen-bond acceptors (Lipinski definition) is 6. The number of amides is 1. The van der Waals surface area contributed by atoms with Crippen molar-refractivity contribution in [3.05, 3.63) is 64.2 Å². The van der Waals surface area contributed by atoms with Crippen LogP contribution in [-0.4, -0.2) is 32.3 Å². The van der Waals surface area contributed by atoms with Gasteiger partial charge in [-0.15, -0.1) is 0 Å². The van der Waals surface area contributed by atoms with E-state index in [1.807, 2.05) is 37.3 Å². The maximum atomic E-state index is 12.0. The predicted octanol–water partition coefficient (Wildman–Crippen LogP) is 1.96. The number of nitro benzene ring substituents is 1. The van der Waals surface area contributed by atoms with Crippen molar-refractivity contribution in [2.75, 3.05) is 18.4 Å². The van der Waals surface area contributed by atoms with Gasteiger partial charge in [0.05, 0.1) is 9.82 Å². The standard InChI is InChI=1S/C18H22N4O5S/c1-13(14-5-3-2-4-6-14)12-21-18(23)9-10-20-16-8-7-15(28(19,26)27)11-17(16)22(24)25/h2-8,11,13,20H,9-10,12H2,1H3,(H,21,23)(H2,19,26,27). The van der Waals surface area contributed by atoms with Crippen LogP contribution >= 0.6 is 0 Å². The molecule has 0 saturated heterocycles. The topological polar surface area (TPSA) is 144 Å². The lowest BCUT2D eigenvalue weighted by Gasteiger charge is -2.13. The molecule has 150 valence electrons. The third kappa shape index (κ3) is 6.03. The first kappa shape index (κ1) is 21.3. The van der Waals surface area contributed by atoms with Crippen molar-refractivity contribution in [2.24, 2.45) is 5.14 Å². The smallest absolute Gasteiger partial charge is 0.293 e. The third-order valence-electron chi connectivity index (χ3n) is 4.14. The van der Waals surface area contributed by atoms with Crippen LogP contribution in [-0.2, 0) is 14.8 Å². The molecule has 4 N–H and O–H groups in total. The zero-order valence-corrected chi connectivity index (χ0v) is 16.1. The average molecular weight is 406 g/mol. The van der Waals surface area contributed by atoms with Gasteiger partial charge in [-0.25, -0.2) is 13.6 Å². The minimum absolute atomic E-state index is 0.107. The van der Waals surface area contributed by atoms with E-state index >= 15 is 0 Å². The van der Waals surface area contributed by atoms with E-state index in [1.54, 1.807) is 0 Å². The second-order valence-corrected chi connectivity index (χ2v) is 7.84. The Bertz CT molecular complexity index is 948. The lowest BCUT2D eigenvalue weighted by Crippen LogP contribution is -2.29. The van der Waals surface area contributed by atoms with Crippen LogP contribution in [0.4, 0.5) is 11.4 Å². The molecule has 0 radical (unpaired) electrons. The minimum Gasteiger partial charge on any atom is -0.379 e. The van der Waals surface area contributed by atoms with Crippen molar-refractivity contribution in [1.29, 1.82) is 0 Å². The summed E-state index contributed by atoms with van der Waals surface area (Å²) in [4.78, 5) is 22.1.